The van der Waals surface area contributed by atoms with Crippen molar-refractivity contribution in [3.8, 4) is 0 Å². The van der Waals surface area contributed by atoms with Crippen LogP contribution in [0.4, 0.5) is 0 Å². The van der Waals surface area contributed by atoms with Crippen LogP contribution in [0.25, 0.3) is 0 Å². The highest BCUT2D eigenvalue weighted by atomic mass is 16.2. The molecule has 1 N–H and O–H groups in total. The second-order valence-electron chi connectivity index (χ2n) is 5.52. The van der Waals surface area contributed by atoms with E-state index in [2.05, 4.69) is 18.3 Å². The highest BCUT2D eigenvalue weighted by Gasteiger charge is 2.26. The summed E-state index contributed by atoms with van der Waals surface area (Å²) >= 11 is 0. The largest absolute Gasteiger partial charge is 0.334 e. The van der Waals surface area contributed by atoms with Gasteiger partial charge < -0.3 is 10.2 Å². The van der Waals surface area contributed by atoms with Crippen LogP contribution < -0.4 is 5.32 Å². The van der Waals surface area contributed by atoms with Gasteiger partial charge in [0.2, 0.25) is 0 Å². The van der Waals surface area contributed by atoms with Gasteiger partial charge in [0, 0.05) is 24.7 Å². The standard InChI is InChI=1S/C16H24N2O/c1-4-7-18(15-5-6-17-11-15)16(19)14-9-12(2)8-13(3)10-14/h8-10,15,17H,4-7,11H2,1-3H3. The molecule has 104 valence electrons. The highest BCUT2D eigenvalue weighted by molar-refractivity contribution is 5.94. The van der Waals surface area contributed by atoms with Crippen LogP contribution in [0.5, 0.6) is 0 Å². The Bertz CT molecular complexity index is 430. The second-order valence-corrected chi connectivity index (χ2v) is 5.52. The average Bonchev–Trinajstić information content (AvgIpc) is 2.87. The Morgan fingerprint density at radius 3 is 2.53 bits per heavy atom. The molecule has 1 heterocycles. The van der Waals surface area contributed by atoms with E-state index in [0.29, 0.717) is 6.04 Å². The van der Waals surface area contributed by atoms with E-state index in [1.807, 2.05) is 30.9 Å². The fourth-order valence-electron chi connectivity index (χ4n) is 2.86. The summed E-state index contributed by atoms with van der Waals surface area (Å²) in [6.45, 7) is 9.01. The lowest BCUT2D eigenvalue weighted by Crippen LogP contribution is -2.42. The van der Waals surface area contributed by atoms with Crippen molar-refractivity contribution < 1.29 is 4.79 Å². The monoisotopic (exact) mass is 260 g/mol. The fourth-order valence-corrected chi connectivity index (χ4v) is 2.86. The molecule has 19 heavy (non-hydrogen) atoms. The molecule has 1 fully saturated rings. The van der Waals surface area contributed by atoms with E-state index in [1.165, 1.54) is 0 Å². The fraction of sp³-hybridized carbons (Fsp3) is 0.562. The van der Waals surface area contributed by atoms with Gasteiger partial charge in [0.25, 0.3) is 5.91 Å². The Hall–Kier alpha value is -1.35. The van der Waals surface area contributed by atoms with Gasteiger partial charge in [-0.25, -0.2) is 0 Å². The zero-order valence-corrected chi connectivity index (χ0v) is 12.2. The van der Waals surface area contributed by atoms with Gasteiger partial charge in [-0.3, -0.25) is 4.79 Å². The van der Waals surface area contributed by atoms with Gasteiger partial charge in [-0.1, -0.05) is 24.1 Å². The smallest absolute Gasteiger partial charge is 0.254 e. The summed E-state index contributed by atoms with van der Waals surface area (Å²) in [6, 6.07) is 6.46. The number of amides is 1. The third-order valence-electron chi connectivity index (χ3n) is 3.67. The predicted molar refractivity (Wildman–Crippen MR) is 78.5 cm³/mol. The molecule has 1 aliphatic heterocycles. The van der Waals surface area contributed by atoms with Crippen LogP contribution in [0, 0.1) is 13.8 Å². The Balaban J connectivity index is 2.22. The van der Waals surface area contributed by atoms with Crippen LogP contribution in [0.1, 0.15) is 41.3 Å². The van der Waals surface area contributed by atoms with Gasteiger partial charge in [-0.15, -0.1) is 0 Å². The summed E-state index contributed by atoms with van der Waals surface area (Å²) in [5.74, 6) is 0.183. The first-order valence-electron chi connectivity index (χ1n) is 7.21. The van der Waals surface area contributed by atoms with Crippen molar-refractivity contribution in [2.24, 2.45) is 0 Å². The van der Waals surface area contributed by atoms with Crippen LogP contribution in [0.15, 0.2) is 18.2 Å². The molecule has 1 atom stereocenters. The first-order valence-corrected chi connectivity index (χ1v) is 7.21. The zero-order chi connectivity index (χ0) is 13.8. The summed E-state index contributed by atoms with van der Waals surface area (Å²) in [5, 5.41) is 3.35. The Labute approximate surface area is 116 Å². The third-order valence-corrected chi connectivity index (χ3v) is 3.67. The van der Waals surface area contributed by atoms with Crippen molar-refractivity contribution in [3.05, 3.63) is 34.9 Å². The number of benzene rings is 1. The van der Waals surface area contributed by atoms with Crippen LogP contribution in [-0.4, -0.2) is 36.5 Å². The molecule has 1 saturated heterocycles. The van der Waals surface area contributed by atoms with Crippen LogP contribution >= 0.6 is 0 Å². The number of rotatable bonds is 4. The van der Waals surface area contributed by atoms with Crippen molar-refractivity contribution >= 4 is 5.91 Å². The van der Waals surface area contributed by atoms with Gasteiger partial charge in [-0.2, -0.15) is 0 Å². The van der Waals surface area contributed by atoms with E-state index in [0.717, 1.165) is 49.2 Å². The first kappa shape index (κ1) is 14.1. The molecular weight excluding hydrogens is 236 g/mol. The molecule has 1 unspecified atom stereocenters. The van der Waals surface area contributed by atoms with Crippen LogP contribution in [-0.2, 0) is 0 Å². The molecule has 1 amide bonds. The van der Waals surface area contributed by atoms with Gasteiger partial charge in [0.1, 0.15) is 0 Å². The molecule has 0 radical (unpaired) electrons. The van der Waals surface area contributed by atoms with E-state index in [-0.39, 0.29) is 5.91 Å². The maximum absolute atomic E-state index is 12.7. The maximum atomic E-state index is 12.7. The van der Waals surface area contributed by atoms with E-state index in [4.69, 9.17) is 0 Å². The molecule has 0 bridgehead atoms. The van der Waals surface area contributed by atoms with Crippen LogP contribution in [0.2, 0.25) is 0 Å². The lowest BCUT2D eigenvalue weighted by molar-refractivity contribution is 0.0692. The maximum Gasteiger partial charge on any atom is 0.254 e. The Morgan fingerprint density at radius 1 is 1.32 bits per heavy atom. The molecule has 3 nitrogen and oxygen atoms in total. The summed E-state index contributed by atoms with van der Waals surface area (Å²) in [7, 11) is 0. The quantitative estimate of drug-likeness (QED) is 0.902. The first-order chi connectivity index (χ1) is 9.11. The summed E-state index contributed by atoms with van der Waals surface area (Å²) in [5.41, 5.74) is 3.14. The SMILES string of the molecule is CCCN(C(=O)c1cc(C)cc(C)c1)C1CCNC1. The number of hydrogen-bond donors (Lipinski definition) is 1. The summed E-state index contributed by atoms with van der Waals surface area (Å²) < 4.78 is 0. The Morgan fingerprint density at radius 2 is 2.00 bits per heavy atom. The van der Waals surface area contributed by atoms with Crippen molar-refractivity contribution in [1.29, 1.82) is 0 Å². The molecule has 1 aromatic rings. The topological polar surface area (TPSA) is 32.3 Å². The zero-order valence-electron chi connectivity index (χ0n) is 12.2. The molecule has 1 aromatic carbocycles. The number of nitrogens with zero attached hydrogens (tertiary/aromatic N) is 1. The predicted octanol–water partition coefficient (Wildman–Crippen LogP) is 2.52. The lowest BCUT2D eigenvalue weighted by atomic mass is 10.1. The van der Waals surface area contributed by atoms with Crippen molar-refractivity contribution in [2.75, 3.05) is 19.6 Å². The molecule has 0 aliphatic carbocycles. The normalized spacial score (nSPS) is 18.6. The summed E-state index contributed by atoms with van der Waals surface area (Å²) in [4.78, 5) is 14.8. The van der Waals surface area contributed by atoms with E-state index < -0.39 is 0 Å². The number of carbonyl (C=O) groups is 1. The van der Waals surface area contributed by atoms with Crippen molar-refractivity contribution in [3.63, 3.8) is 0 Å². The number of aryl methyl sites for hydroxylation is 2. The number of carbonyl (C=O) groups excluding carboxylic acids is 1. The minimum atomic E-state index is 0.183. The molecular formula is C16H24N2O. The molecule has 0 spiro atoms. The van der Waals surface area contributed by atoms with E-state index >= 15 is 0 Å². The molecule has 3 heteroatoms. The molecule has 2 rings (SSSR count). The minimum absolute atomic E-state index is 0.183. The molecule has 0 saturated carbocycles. The number of hydrogen-bond acceptors (Lipinski definition) is 2. The van der Waals surface area contributed by atoms with Gasteiger partial charge in [0.15, 0.2) is 0 Å². The van der Waals surface area contributed by atoms with Gasteiger partial charge in [0.05, 0.1) is 0 Å². The van der Waals surface area contributed by atoms with Gasteiger partial charge >= 0.3 is 0 Å². The van der Waals surface area contributed by atoms with Gasteiger partial charge in [-0.05, 0) is 45.4 Å². The summed E-state index contributed by atoms with van der Waals surface area (Å²) in [6.07, 6.45) is 2.07. The van der Waals surface area contributed by atoms with Crippen molar-refractivity contribution in [2.45, 2.75) is 39.7 Å². The van der Waals surface area contributed by atoms with E-state index in [9.17, 15) is 4.79 Å². The second kappa shape index (κ2) is 6.20. The van der Waals surface area contributed by atoms with Crippen LogP contribution in [0.3, 0.4) is 0 Å². The number of nitrogens with one attached hydrogen (secondary N) is 1. The lowest BCUT2D eigenvalue weighted by Gasteiger charge is -2.28. The molecule has 0 aromatic heterocycles. The highest BCUT2D eigenvalue weighted by Crippen LogP contribution is 2.16. The Kier molecular flexibility index (Phi) is 4.59. The third kappa shape index (κ3) is 3.35. The van der Waals surface area contributed by atoms with E-state index in [1.54, 1.807) is 0 Å². The molecule has 1 aliphatic rings. The minimum Gasteiger partial charge on any atom is -0.334 e. The van der Waals surface area contributed by atoms with Crippen molar-refractivity contribution in [1.82, 2.24) is 10.2 Å². The average molecular weight is 260 g/mol.